The number of carbonyl (C=O) groups is 1. The standard InChI is InChI=1S/C14H11F2N3O3/c15-7-1-2-9(11(16)3-7)10-5-12(10)18-14(20)13-4-8(6-17-13)19(21)22/h1-4,6,10,12,17H,5H2,(H,18,20)/t10-,12+/m0/s1. The molecule has 1 amide bonds. The molecule has 1 aromatic heterocycles. The van der Waals surface area contributed by atoms with Crippen LogP contribution in [0.2, 0.25) is 0 Å². The van der Waals surface area contributed by atoms with E-state index in [0.29, 0.717) is 12.0 Å². The lowest BCUT2D eigenvalue weighted by atomic mass is 10.1. The van der Waals surface area contributed by atoms with Crippen molar-refractivity contribution in [3.63, 3.8) is 0 Å². The number of carbonyl (C=O) groups excluding carboxylic acids is 1. The predicted octanol–water partition coefficient (Wildman–Crippen LogP) is 2.49. The fraction of sp³-hybridized carbons (Fsp3) is 0.214. The van der Waals surface area contributed by atoms with E-state index in [1.54, 1.807) is 0 Å². The molecule has 0 saturated heterocycles. The lowest BCUT2D eigenvalue weighted by molar-refractivity contribution is -0.384. The van der Waals surface area contributed by atoms with Crippen molar-refractivity contribution in [3.8, 4) is 0 Å². The Labute approximate surface area is 123 Å². The third-order valence-corrected chi connectivity index (χ3v) is 3.59. The first kappa shape index (κ1) is 14.2. The van der Waals surface area contributed by atoms with Gasteiger partial charge in [0.2, 0.25) is 0 Å². The van der Waals surface area contributed by atoms with Gasteiger partial charge in [0, 0.05) is 24.1 Å². The van der Waals surface area contributed by atoms with Crippen LogP contribution in [0.5, 0.6) is 0 Å². The number of benzene rings is 1. The minimum absolute atomic E-state index is 0.0666. The van der Waals surface area contributed by atoms with Gasteiger partial charge in [0.1, 0.15) is 17.3 Å². The lowest BCUT2D eigenvalue weighted by Crippen LogP contribution is -2.26. The van der Waals surface area contributed by atoms with Crippen LogP contribution in [0.15, 0.2) is 30.5 Å². The molecule has 1 aliphatic carbocycles. The maximum absolute atomic E-state index is 13.6. The second kappa shape index (κ2) is 5.21. The fourth-order valence-corrected chi connectivity index (χ4v) is 2.37. The van der Waals surface area contributed by atoms with Crippen molar-refractivity contribution >= 4 is 11.6 Å². The predicted molar refractivity (Wildman–Crippen MR) is 72.4 cm³/mol. The maximum atomic E-state index is 13.6. The summed E-state index contributed by atoms with van der Waals surface area (Å²) in [7, 11) is 0. The van der Waals surface area contributed by atoms with Crippen molar-refractivity contribution in [1.82, 2.24) is 10.3 Å². The fourth-order valence-electron chi connectivity index (χ4n) is 2.37. The van der Waals surface area contributed by atoms with Gasteiger partial charge < -0.3 is 10.3 Å². The summed E-state index contributed by atoms with van der Waals surface area (Å²) in [6.45, 7) is 0. The zero-order chi connectivity index (χ0) is 15.9. The highest BCUT2D eigenvalue weighted by atomic mass is 19.1. The van der Waals surface area contributed by atoms with Crippen LogP contribution in [0.3, 0.4) is 0 Å². The molecule has 6 nitrogen and oxygen atoms in total. The zero-order valence-electron chi connectivity index (χ0n) is 11.2. The van der Waals surface area contributed by atoms with Gasteiger partial charge in [0.15, 0.2) is 0 Å². The SMILES string of the molecule is O=C(N[C@@H]1C[C@H]1c1ccc(F)cc1F)c1cc([N+](=O)[O-])c[nH]1. The van der Waals surface area contributed by atoms with E-state index in [0.717, 1.165) is 18.3 Å². The van der Waals surface area contributed by atoms with Crippen molar-refractivity contribution in [2.75, 3.05) is 0 Å². The van der Waals surface area contributed by atoms with Crippen LogP contribution in [0.4, 0.5) is 14.5 Å². The number of rotatable bonds is 4. The molecule has 1 aromatic carbocycles. The summed E-state index contributed by atoms with van der Waals surface area (Å²) in [4.78, 5) is 24.4. The summed E-state index contributed by atoms with van der Waals surface area (Å²) in [6, 6.07) is 4.20. The van der Waals surface area contributed by atoms with E-state index in [-0.39, 0.29) is 23.3 Å². The number of amides is 1. The molecular formula is C14H11F2N3O3. The molecule has 22 heavy (non-hydrogen) atoms. The average molecular weight is 307 g/mol. The number of nitro groups is 1. The van der Waals surface area contributed by atoms with Gasteiger partial charge in [-0.05, 0) is 18.1 Å². The Bertz CT molecular complexity index is 760. The van der Waals surface area contributed by atoms with Gasteiger partial charge >= 0.3 is 0 Å². The van der Waals surface area contributed by atoms with Crippen molar-refractivity contribution in [2.45, 2.75) is 18.4 Å². The molecule has 0 spiro atoms. The number of halogens is 2. The highest BCUT2D eigenvalue weighted by molar-refractivity contribution is 5.93. The normalized spacial score (nSPS) is 19.7. The van der Waals surface area contributed by atoms with E-state index in [2.05, 4.69) is 10.3 Å². The van der Waals surface area contributed by atoms with E-state index >= 15 is 0 Å². The smallest absolute Gasteiger partial charge is 0.287 e. The molecule has 0 bridgehead atoms. The molecule has 8 heteroatoms. The zero-order valence-corrected chi connectivity index (χ0v) is 11.2. The van der Waals surface area contributed by atoms with Crippen LogP contribution >= 0.6 is 0 Å². The molecule has 3 rings (SSSR count). The van der Waals surface area contributed by atoms with E-state index in [9.17, 15) is 23.7 Å². The molecule has 0 aliphatic heterocycles. The Hall–Kier alpha value is -2.77. The monoisotopic (exact) mass is 307 g/mol. The molecule has 2 aromatic rings. The van der Waals surface area contributed by atoms with Crippen LogP contribution in [0, 0.1) is 21.7 Å². The van der Waals surface area contributed by atoms with E-state index in [1.807, 2.05) is 0 Å². The molecule has 2 N–H and O–H groups in total. The number of hydrogen-bond donors (Lipinski definition) is 2. The summed E-state index contributed by atoms with van der Waals surface area (Å²) < 4.78 is 26.5. The molecule has 1 saturated carbocycles. The summed E-state index contributed by atoms with van der Waals surface area (Å²) in [5.74, 6) is -2.00. The molecule has 1 fully saturated rings. The molecule has 0 unspecified atom stereocenters. The molecule has 0 radical (unpaired) electrons. The topological polar surface area (TPSA) is 88.0 Å². The van der Waals surface area contributed by atoms with Crippen molar-refractivity contribution < 1.29 is 18.5 Å². The highest BCUT2D eigenvalue weighted by Crippen LogP contribution is 2.42. The summed E-state index contributed by atoms with van der Waals surface area (Å²) in [6.07, 6.45) is 1.66. The third kappa shape index (κ3) is 2.67. The van der Waals surface area contributed by atoms with Gasteiger partial charge in [-0.15, -0.1) is 0 Å². The van der Waals surface area contributed by atoms with Gasteiger partial charge in [-0.25, -0.2) is 8.78 Å². The summed E-state index contributed by atoms with van der Waals surface area (Å²) >= 11 is 0. The molecule has 1 heterocycles. The van der Waals surface area contributed by atoms with Crippen LogP contribution in [-0.2, 0) is 0 Å². The van der Waals surface area contributed by atoms with E-state index in [1.165, 1.54) is 12.1 Å². The average Bonchev–Trinajstić information content (AvgIpc) is 3.02. The number of nitrogens with zero attached hydrogens (tertiary/aromatic N) is 1. The second-order valence-electron chi connectivity index (χ2n) is 5.12. The van der Waals surface area contributed by atoms with E-state index < -0.39 is 22.5 Å². The number of hydrogen-bond acceptors (Lipinski definition) is 3. The highest BCUT2D eigenvalue weighted by Gasteiger charge is 2.41. The second-order valence-corrected chi connectivity index (χ2v) is 5.12. The van der Waals surface area contributed by atoms with Crippen molar-refractivity contribution in [1.29, 1.82) is 0 Å². The number of aromatic nitrogens is 1. The minimum atomic E-state index is -0.652. The first-order chi connectivity index (χ1) is 10.5. The minimum Gasteiger partial charge on any atom is -0.351 e. The lowest BCUT2D eigenvalue weighted by Gasteiger charge is -2.04. The van der Waals surface area contributed by atoms with Gasteiger partial charge in [0.25, 0.3) is 11.6 Å². The Morgan fingerprint density at radius 3 is 2.77 bits per heavy atom. The Balaban J connectivity index is 1.65. The number of H-pyrrole nitrogens is 1. The molecule has 2 atom stereocenters. The molecule has 114 valence electrons. The van der Waals surface area contributed by atoms with Crippen molar-refractivity contribution in [2.24, 2.45) is 0 Å². The molecular weight excluding hydrogens is 296 g/mol. The summed E-state index contributed by atoms with van der Waals surface area (Å²) in [5.41, 5.74) is 0.211. The Morgan fingerprint density at radius 1 is 1.36 bits per heavy atom. The number of aromatic amines is 1. The summed E-state index contributed by atoms with van der Waals surface area (Å²) in [5, 5.41) is 13.2. The van der Waals surface area contributed by atoms with Gasteiger partial charge in [0.05, 0.1) is 11.1 Å². The van der Waals surface area contributed by atoms with Gasteiger partial charge in [-0.1, -0.05) is 6.07 Å². The largest absolute Gasteiger partial charge is 0.351 e. The first-order valence-electron chi connectivity index (χ1n) is 6.54. The number of nitrogens with one attached hydrogen (secondary N) is 2. The van der Waals surface area contributed by atoms with Crippen molar-refractivity contribution in [3.05, 3.63) is 63.5 Å². The third-order valence-electron chi connectivity index (χ3n) is 3.59. The first-order valence-corrected chi connectivity index (χ1v) is 6.54. The molecule has 1 aliphatic rings. The van der Waals surface area contributed by atoms with Crippen LogP contribution in [0.25, 0.3) is 0 Å². The van der Waals surface area contributed by atoms with E-state index in [4.69, 9.17) is 0 Å². The quantitative estimate of drug-likeness (QED) is 0.672. The maximum Gasteiger partial charge on any atom is 0.287 e. The Kier molecular flexibility index (Phi) is 3.36. The van der Waals surface area contributed by atoms with Crippen LogP contribution in [-0.4, -0.2) is 21.9 Å². The Morgan fingerprint density at radius 2 is 2.14 bits per heavy atom. The van der Waals surface area contributed by atoms with Gasteiger partial charge in [-0.3, -0.25) is 14.9 Å². The van der Waals surface area contributed by atoms with Crippen LogP contribution < -0.4 is 5.32 Å². The van der Waals surface area contributed by atoms with Crippen LogP contribution in [0.1, 0.15) is 28.4 Å². The van der Waals surface area contributed by atoms with Gasteiger partial charge in [-0.2, -0.15) is 0 Å².